The Balaban J connectivity index is 2.18. The molecule has 0 spiro atoms. The zero-order chi connectivity index (χ0) is 15.5. The van der Waals surface area contributed by atoms with Gasteiger partial charge in [-0.2, -0.15) is 18.3 Å². The van der Waals surface area contributed by atoms with Crippen molar-refractivity contribution in [3.63, 3.8) is 0 Å². The lowest BCUT2D eigenvalue weighted by molar-refractivity contribution is -0.136. The first kappa shape index (κ1) is 14.7. The van der Waals surface area contributed by atoms with E-state index in [-0.39, 0.29) is 22.7 Å². The molecule has 0 atom stereocenters. The van der Waals surface area contributed by atoms with E-state index in [0.717, 1.165) is 18.3 Å². The van der Waals surface area contributed by atoms with Gasteiger partial charge in [0.2, 0.25) is 0 Å². The van der Waals surface area contributed by atoms with Gasteiger partial charge < -0.3 is 10.2 Å². The molecule has 2 aromatic carbocycles. The van der Waals surface area contributed by atoms with Crippen molar-refractivity contribution >= 4 is 11.9 Å². The predicted octanol–water partition coefficient (Wildman–Crippen LogP) is 3.56. The molecule has 7 heteroatoms. The van der Waals surface area contributed by atoms with Gasteiger partial charge in [-0.15, -0.1) is 0 Å². The molecule has 21 heavy (non-hydrogen) atoms. The molecule has 110 valence electrons. The van der Waals surface area contributed by atoms with Crippen LogP contribution in [0.2, 0.25) is 0 Å². The summed E-state index contributed by atoms with van der Waals surface area (Å²) in [7, 11) is 0. The molecule has 0 amide bonds. The van der Waals surface area contributed by atoms with Gasteiger partial charge >= 0.3 is 6.18 Å². The number of benzene rings is 2. The van der Waals surface area contributed by atoms with Crippen molar-refractivity contribution in [3.8, 4) is 11.5 Å². The SMILES string of the molecule is Oc1ccc(C=NNc2ccccc2C(F)(F)F)c(O)c1. The average molecular weight is 296 g/mol. The van der Waals surface area contributed by atoms with Gasteiger partial charge in [-0.25, -0.2) is 0 Å². The molecule has 0 bridgehead atoms. The maximum absolute atomic E-state index is 12.7. The van der Waals surface area contributed by atoms with E-state index in [1.54, 1.807) is 0 Å². The van der Waals surface area contributed by atoms with E-state index < -0.39 is 11.7 Å². The summed E-state index contributed by atoms with van der Waals surface area (Å²) >= 11 is 0. The number of anilines is 1. The summed E-state index contributed by atoms with van der Waals surface area (Å²) in [4.78, 5) is 0. The molecule has 0 aliphatic rings. The predicted molar refractivity (Wildman–Crippen MR) is 72.4 cm³/mol. The Kier molecular flexibility index (Phi) is 4.02. The van der Waals surface area contributed by atoms with Crippen LogP contribution in [0.25, 0.3) is 0 Å². The zero-order valence-corrected chi connectivity index (χ0v) is 10.6. The Hall–Kier alpha value is -2.70. The minimum atomic E-state index is -4.49. The van der Waals surface area contributed by atoms with Crippen LogP contribution >= 0.6 is 0 Å². The monoisotopic (exact) mass is 296 g/mol. The first-order valence-electron chi connectivity index (χ1n) is 5.85. The lowest BCUT2D eigenvalue weighted by Crippen LogP contribution is -2.08. The van der Waals surface area contributed by atoms with Crippen LogP contribution in [0.15, 0.2) is 47.6 Å². The standard InChI is InChI=1S/C14H11F3N2O2/c15-14(16,17)11-3-1-2-4-12(11)19-18-8-9-5-6-10(20)7-13(9)21/h1-8,19-21H. The molecule has 3 N–H and O–H groups in total. The van der Waals surface area contributed by atoms with Crippen molar-refractivity contribution in [1.82, 2.24) is 0 Å². The molecule has 0 radical (unpaired) electrons. The number of phenolic OH excluding ortho intramolecular Hbond substituents is 2. The second kappa shape index (κ2) is 5.74. The molecular weight excluding hydrogens is 285 g/mol. The van der Waals surface area contributed by atoms with Crippen LogP contribution in [0.4, 0.5) is 18.9 Å². The molecule has 0 unspecified atom stereocenters. The van der Waals surface area contributed by atoms with Gasteiger partial charge in [-0.1, -0.05) is 12.1 Å². The second-order valence-corrected chi connectivity index (χ2v) is 4.16. The van der Waals surface area contributed by atoms with Gasteiger partial charge in [-0.05, 0) is 24.3 Å². The third kappa shape index (κ3) is 3.65. The summed E-state index contributed by atoms with van der Waals surface area (Å²) in [6.45, 7) is 0. The third-order valence-corrected chi connectivity index (χ3v) is 2.64. The number of rotatable bonds is 3. The number of nitrogens with one attached hydrogen (secondary N) is 1. The number of hydrazone groups is 1. The van der Waals surface area contributed by atoms with Crippen LogP contribution in [-0.2, 0) is 6.18 Å². The average Bonchev–Trinajstić information content (AvgIpc) is 2.41. The molecule has 2 aromatic rings. The highest BCUT2D eigenvalue weighted by molar-refractivity contribution is 5.84. The lowest BCUT2D eigenvalue weighted by atomic mass is 10.2. The number of para-hydroxylation sites is 1. The number of hydrogen-bond acceptors (Lipinski definition) is 4. The minimum Gasteiger partial charge on any atom is -0.508 e. The third-order valence-electron chi connectivity index (χ3n) is 2.64. The summed E-state index contributed by atoms with van der Waals surface area (Å²) in [5.74, 6) is -0.357. The smallest absolute Gasteiger partial charge is 0.418 e. The molecule has 2 rings (SSSR count). The molecule has 0 aliphatic heterocycles. The molecule has 0 fully saturated rings. The van der Waals surface area contributed by atoms with E-state index in [9.17, 15) is 18.3 Å². The van der Waals surface area contributed by atoms with Crippen molar-refractivity contribution in [2.24, 2.45) is 5.10 Å². The maximum Gasteiger partial charge on any atom is 0.418 e. The molecule has 0 saturated heterocycles. The Morgan fingerprint density at radius 2 is 1.76 bits per heavy atom. The van der Waals surface area contributed by atoms with E-state index in [1.807, 2.05) is 0 Å². The van der Waals surface area contributed by atoms with Gasteiger partial charge in [-0.3, -0.25) is 5.43 Å². The Labute approximate surface area is 118 Å². The van der Waals surface area contributed by atoms with Crippen LogP contribution in [0, 0.1) is 0 Å². The zero-order valence-electron chi connectivity index (χ0n) is 10.6. The van der Waals surface area contributed by atoms with Crippen molar-refractivity contribution in [2.75, 3.05) is 5.43 Å². The van der Waals surface area contributed by atoms with Crippen LogP contribution < -0.4 is 5.43 Å². The Bertz CT molecular complexity index is 670. The number of halogens is 3. The summed E-state index contributed by atoms with van der Waals surface area (Å²) in [6, 6.07) is 8.72. The molecular formula is C14H11F3N2O2. The lowest BCUT2D eigenvalue weighted by Gasteiger charge is -2.11. The fraction of sp³-hybridized carbons (Fsp3) is 0.0714. The van der Waals surface area contributed by atoms with Gasteiger partial charge in [0.15, 0.2) is 0 Å². The highest BCUT2D eigenvalue weighted by atomic mass is 19.4. The van der Waals surface area contributed by atoms with E-state index >= 15 is 0 Å². The fourth-order valence-electron chi connectivity index (χ4n) is 1.64. The fourth-order valence-corrected chi connectivity index (χ4v) is 1.64. The van der Waals surface area contributed by atoms with Crippen molar-refractivity contribution in [3.05, 3.63) is 53.6 Å². The van der Waals surface area contributed by atoms with Crippen molar-refractivity contribution in [2.45, 2.75) is 6.18 Å². The molecule has 0 aliphatic carbocycles. The second-order valence-electron chi connectivity index (χ2n) is 4.16. The van der Waals surface area contributed by atoms with Crippen LogP contribution in [-0.4, -0.2) is 16.4 Å². The Morgan fingerprint density at radius 3 is 2.43 bits per heavy atom. The number of nitrogens with zero attached hydrogens (tertiary/aromatic N) is 1. The van der Waals surface area contributed by atoms with Gasteiger partial charge in [0.25, 0.3) is 0 Å². The number of hydrogen-bond donors (Lipinski definition) is 3. The molecule has 0 aromatic heterocycles. The number of alkyl halides is 3. The molecule has 0 heterocycles. The number of aromatic hydroxyl groups is 2. The maximum atomic E-state index is 12.7. The summed E-state index contributed by atoms with van der Waals surface area (Å²) in [5.41, 5.74) is 1.51. The van der Waals surface area contributed by atoms with E-state index in [0.29, 0.717) is 0 Å². The van der Waals surface area contributed by atoms with Gasteiger partial charge in [0, 0.05) is 11.6 Å². The topological polar surface area (TPSA) is 64.9 Å². The summed E-state index contributed by atoms with van der Waals surface area (Å²) in [6.07, 6.45) is -3.33. The molecule has 0 saturated carbocycles. The van der Waals surface area contributed by atoms with E-state index in [1.165, 1.54) is 30.3 Å². The van der Waals surface area contributed by atoms with E-state index in [4.69, 9.17) is 5.11 Å². The van der Waals surface area contributed by atoms with Crippen LogP contribution in [0.1, 0.15) is 11.1 Å². The summed E-state index contributed by atoms with van der Waals surface area (Å²) < 4.78 is 38.2. The normalized spacial score (nSPS) is 11.8. The highest BCUT2D eigenvalue weighted by Gasteiger charge is 2.33. The van der Waals surface area contributed by atoms with Gasteiger partial charge in [0.05, 0.1) is 17.5 Å². The van der Waals surface area contributed by atoms with Crippen molar-refractivity contribution in [1.29, 1.82) is 0 Å². The quantitative estimate of drug-likeness (QED) is 0.599. The van der Waals surface area contributed by atoms with E-state index in [2.05, 4.69) is 10.5 Å². The Morgan fingerprint density at radius 1 is 1.05 bits per heavy atom. The van der Waals surface area contributed by atoms with Crippen LogP contribution in [0.5, 0.6) is 11.5 Å². The number of phenols is 2. The first-order chi connectivity index (χ1) is 9.88. The van der Waals surface area contributed by atoms with Crippen molar-refractivity contribution < 1.29 is 23.4 Å². The summed E-state index contributed by atoms with van der Waals surface area (Å²) in [5, 5.41) is 22.3. The van der Waals surface area contributed by atoms with Crippen LogP contribution in [0.3, 0.4) is 0 Å². The minimum absolute atomic E-state index is 0.125. The van der Waals surface area contributed by atoms with Gasteiger partial charge in [0.1, 0.15) is 11.5 Å². The first-order valence-corrected chi connectivity index (χ1v) is 5.85. The molecule has 4 nitrogen and oxygen atoms in total. The highest BCUT2D eigenvalue weighted by Crippen LogP contribution is 2.34. The largest absolute Gasteiger partial charge is 0.508 e.